The Bertz CT molecular complexity index is 740. The van der Waals surface area contributed by atoms with Crippen molar-refractivity contribution in [3.05, 3.63) is 40.9 Å². The fourth-order valence-electron chi connectivity index (χ4n) is 3.78. The van der Waals surface area contributed by atoms with Crippen LogP contribution in [-0.4, -0.2) is 24.0 Å². The van der Waals surface area contributed by atoms with Gasteiger partial charge in [0.25, 0.3) is 0 Å². The van der Waals surface area contributed by atoms with Crippen molar-refractivity contribution in [2.45, 2.75) is 32.7 Å². The average Bonchev–Trinajstić information content (AvgIpc) is 3.17. The molecule has 1 saturated heterocycles. The van der Waals surface area contributed by atoms with E-state index in [2.05, 4.69) is 27.8 Å². The van der Waals surface area contributed by atoms with Gasteiger partial charge in [-0.1, -0.05) is 30.3 Å². The summed E-state index contributed by atoms with van der Waals surface area (Å²) in [7, 11) is 0. The molecule has 1 saturated carbocycles. The molecule has 2 N–H and O–H groups in total. The van der Waals surface area contributed by atoms with Gasteiger partial charge < -0.3 is 10.6 Å². The minimum Gasteiger partial charge on any atom is -0.351 e. The van der Waals surface area contributed by atoms with Crippen LogP contribution in [0, 0.1) is 18.3 Å². The Labute approximate surface area is 158 Å². The van der Waals surface area contributed by atoms with E-state index in [9.17, 15) is 4.79 Å². The van der Waals surface area contributed by atoms with Crippen molar-refractivity contribution >= 4 is 29.7 Å². The van der Waals surface area contributed by atoms with Crippen molar-refractivity contribution in [3.63, 3.8) is 0 Å². The highest BCUT2D eigenvalue weighted by atomic mass is 35.5. The molecule has 25 heavy (non-hydrogen) atoms. The molecule has 1 aliphatic carbocycles. The Hall–Kier alpha value is -1.43. The van der Waals surface area contributed by atoms with Crippen LogP contribution in [0.25, 0.3) is 10.6 Å². The van der Waals surface area contributed by atoms with Gasteiger partial charge in [-0.2, -0.15) is 0 Å². The Morgan fingerprint density at radius 2 is 2.04 bits per heavy atom. The second-order valence-electron chi connectivity index (χ2n) is 6.98. The van der Waals surface area contributed by atoms with E-state index in [1.54, 1.807) is 11.3 Å². The molecule has 2 heterocycles. The van der Waals surface area contributed by atoms with Gasteiger partial charge in [-0.15, -0.1) is 23.7 Å². The summed E-state index contributed by atoms with van der Waals surface area (Å²) in [5, 5.41) is 7.56. The Balaban J connectivity index is 0.00000182. The molecule has 1 aromatic heterocycles. The predicted molar refractivity (Wildman–Crippen MR) is 104 cm³/mol. The van der Waals surface area contributed by atoms with Crippen LogP contribution in [0.2, 0.25) is 0 Å². The molecule has 6 heteroatoms. The molecule has 1 unspecified atom stereocenters. The van der Waals surface area contributed by atoms with Gasteiger partial charge in [0, 0.05) is 16.4 Å². The smallest absolute Gasteiger partial charge is 0.223 e. The van der Waals surface area contributed by atoms with Gasteiger partial charge in [-0.25, -0.2) is 4.98 Å². The van der Waals surface area contributed by atoms with Crippen LogP contribution < -0.4 is 10.6 Å². The van der Waals surface area contributed by atoms with E-state index in [-0.39, 0.29) is 24.2 Å². The zero-order valence-electron chi connectivity index (χ0n) is 14.4. The average molecular weight is 378 g/mol. The molecule has 0 radical (unpaired) electrons. The number of aromatic nitrogens is 1. The summed E-state index contributed by atoms with van der Waals surface area (Å²) < 4.78 is 0. The number of rotatable bonds is 4. The monoisotopic (exact) mass is 377 g/mol. The van der Waals surface area contributed by atoms with Crippen LogP contribution >= 0.6 is 23.7 Å². The molecular formula is C19H24ClN3OS. The minimum absolute atomic E-state index is 0. The van der Waals surface area contributed by atoms with Crippen LogP contribution in [-0.2, 0) is 11.3 Å². The quantitative estimate of drug-likeness (QED) is 0.856. The predicted octanol–water partition coefficient (Wildman–Crippen LogP) is 3.55. The number of aryl methyl sites for hydroxylation is 1. The zero-order valence-corrected chi connectivity index (χ0v) is 16.0. The first kappa shape index (κ1) is 18.4. The van der Waals surface area contributed by atoms with Gasteiger partial charge in [0.05, 0.1) is 12.2 Å². The SMILES string of the molecule is Cc1nc(-c2ccccc2)sc1CNC(=O)C1CC12CCNCC2.Cl. The van der Waals surface area contributed by atoms with E-state index in [1.807, 2.05) is 25.1 Å². The fraction of sp³-hybridized carbons (Fsp3) is 0.474. The first-order valence-electron chi connectivity index (χ1n) is 8.68. The summed E-state index contributed by atoms with van der Waals surface area (Å²) in [5.74, 6) is 0.451. The molecule has 2 aliphatic rings. The van der Waals surface area contributed by atoms with Crippen LogP contribution in [0.1, 0.15) is 29.8 Å². The van der Waals surface area contributed by atoms with E-state index in [0.29, 0.717) is 12.0 Å². The second kappa shape index (κ2) is 7.44. The number of carbonyl (C=O) groups excluding carboxylic acids is 1. The van der Waals surface area contributed by atoms with Crippen molar-refractivity contribution in [1.29, 1.82) is 0 Å². The van der Waals surface area contributed by atoms with Crippen LogP contribution in [0.15, 0.2) is 30.3 Å². The molecule has 0 bridgehead atoms. The number of hydrogen-bond donors (Lipinski definition) is 2. The molecule has 1 amide bonds. The molecule has 2 fully saturated rings. The molecule has 134 valence electrons. The van der Waals surface area contributed by atoms with Crippen molar-refractivity contribution in [2.75, 3.05) is 13.1 Å². The molecule has 1 atom stereocenters. The maximum atomic E-state index is 12.5. The lowest BCUT2D eigenvalue weighted by molar-refractivity contribution is -0.123. The van der Waals surface area contributed by atoms with Gasteiger partial charge in [0.2, 0.25) is 5.91 Å². The maximum absolute atomic E-state index is 12.5. The number of nitrogens with zero attached hydrogens (tertiary/aromatic N) is 1. The minimum atomic E-state index is 0. The number of nitrogens with one attached hydrogen (secondary N) is 2. The van der Waals surface area contributed by atoms with E-state index >= 15 is 0 Å². The van der Waals surface area contributed by atoms with Gasteiger partial charge in [-0.05, 0) is 44.7 Å². The van der Waals surface area contributed by atoms with Gasteiger partial charge in [0.1, 0.15) is 5.01 Å². The fourth-order valence-corrected chi connectivity index (χ4v) is 4.79. The normalized spacial score (nSPS) is 20.8. The number of amides is 1. The highest BCUT2D eigenvalue weighted by Gasteiger charge is 2.57. The van der Waals surface area contributed by atoms with E-state index < -0.39 is 0 Å². The highest BCUT2D eigenvalue weighted by molar-refractivity contribution is 7.15. The molecule has 4 nitrogen and oxygen atoms in total. The van der Waals surface area contributed by atoms with Gasteiger partial charge >= 0.3 is 0 Å². The highest BCUT2D eigenvalue weighted by Crippen LogP contribution is 2.58. The third kappa shape index (κ3) is 3.73. The molecule has 1 spiro atoms. The molecule has 4 rings (SSSR count). The molecule has 2 aromatic rings. The standard InChI is InChI=1S/C19H23N3OS.ClH/c1-13-16(24-18(22-13)14-5-3-2-4-6-14)12-21-17(23)15-11-19(15)7-9-20-10-8-19;/h2-6,15,20H,7-12H2,1H3,(H,21,23);1H. The van der Waals surface area contributed by atoms with Crippen molar-refractivity contribution in [2.24, 2.45) is 11.3 Å². The first-order chi connectivity index (χ1) is 11.7. The zero-order chi connectivity index (χ0) is 16.6. The number of thiazole rings is 1. The molecular weight excluding hydrogens is 354 g/mol. The van der Waals surface area contributed by atoms with Crippen LogP contribution in [0.5, 0.6) is 0 Å². The second-order valence-corrected chi connectivity index (χ2v) is 8.06. The summed E-state index contributed by atoms with van der Waals surface area (Å²) in [6, 6.07) is 10.2. The summed E-state index contributed by atoms with van der Waals surface area (Å²) in [6.07, 6.45) is 3.35. The lowest BCUT2D eigenvalue weighted by atomic mass is 9.92. The van der Waals surface area contributed by atoms with Crippen LogP contribution in [0.4, 0.5) is 0 Å². The van der Waals surface area contributed by atoms with Gasteiger partial charge in [0.15, 0.2) is 0 Å². The lowest BCUT2D eigenvalue weighted by Crippen LogP contribution is -2.33. The third-order valence-electron chi connectivity index (χ3n) is 5.44. The number of carbonyl (C=O) groups is 1. The summed E-state index contributed by atoms with van der Waals surface area (Å²) in [6.45, 7) is 4.73. The van der Waals surface area contributed by atoms with E-state index in [0.717, 1.165) is 53.5 Å². The summed E-state index contributed by atoms with van der Waals surface area (Å²) in [5.41, 5.74) is 2.46. The lowest BCUT2D eigenvalue weighted by Gasteiger charge is -2.23. The Morgan fingerprint density at radius 3 is 2.76 bits per heavy atom. The maximum Gasteiger partial charge on any atom is 0.223 e. The van der Waals surface area contributed by atoms with Crippen molar-refractivity contribution < 1.29 is 4.79 Å². The number of hydrogen-bond acceptors (Lipinski definition) is 4. The molecule has 1 aliphatic heterocycles. The summed E-state index contributed by atoms with van der Waals surface area (Å²) in [4.78, 5) is 18.3. The Morgan fingerprint density at radius 1 is 1.32 bits per heavy atom. The van der Waals surface area contributed by atoms with Gasteiger partial charge in [-0.3, -0.25) is 4.79 Å². The number of piperidine rings is 1. The Kier molecular flexibility index (Phi) is 5.46. The van der Waals surface area contributed by atoms with E-state index in [1.165, 1.54) is 0 Å². The molecule has 1 aromatic carbocycles. The first-order valence-corrected chi connectivity index (χ1v) is 9.50. The largest absolute Gasteiger partial charge is 0.351 e. The number of halogens is 1. The summed E-state index contributed by atoms with van der Waals surface area (Å²) >= 11 is 1.68. The van der Waals surface area contributed by atoms with Crippen molar-refractivity contribution in [3.8, 4) is 10.6 Å². The van der Waals surface area contributed by atoms with Crippen LogP contribution in [0.3, 0.4) is 0 Å². The number of benzene rings is 1. The topological polar surface area (TPSA) is 54.0 Å². The van der Waals surface area contributed by atoms with E-state index in [4.69, 9.17) is 0 Å². The van der Waals surface area contributed by atoms with Crippen molar-refractivity contribution in [1.82, 2.24) is 15.6 Å². The third-order valence-corrected chi connectivity index (χ3v) is 6.65.